The van der Waals surface area contributed by atoms with Gasteiger partial charge in [-0.3, -0.25) is 4.98 Å². The molecule has 5 nitrogen and oxygen atoms in total. The average molecular weight is 273 g/mol. The maximum absolute atomic E-state index is 10.5. The SMILES string of the molecule is Oc1ccc2c(c1)[C@H](O)[C@@H](Oc1cccnc1)CCO2. The molecule has 2 aromatic rings. The Bertz CT molecular complexity index is 588. The lowest BCUT2D eigenvalue weighted by atomic mass is 10.0. The highest BCUT2D eigenvalue weighted by atomic mass is 16.5. The standard InChI is InChI=1S/C15H15NO4/c17-10-3-4-13-12(8-10)15(18)14(5-7-19-13)20-11-2-1-6-16-9-11/h1-4,6,8-9,14-15,17-18H,5,7H2/t14-,15-/m0/s1. The third kappa shape index (κ3) is 2.53. The first-order valence-electron chi connectivity index (χ1n) is 6.44. The van der Waals surface area contributed by atoms with E-state index in [1.807, 2.05) is 0 Å². The van der Waals surface area contributed by atoms with E-state index in [0.29, 0.717) is 30.1 Å². The molecule has 2 N–H and O–H groups in total. The second kappa shape index (κ2) is 5.38. The summed E-state index contributed by atoms with van der Waals surface area (Å²) in [7, 11) is 0. The first-order chi connectivity index (χ1) is 9.74. The minimum Gasteiger partial charge on any atom is -0.508 e. The Kier molecular flexibility index (Phi) is 3.43. The van der Waals surface area contributed by atoms with Crippen molar-refractivity contribution in [3.63, 3.8) is 0 Å². The topological polar surface area (TPSA) is 71.8 Å². The number of ether oxygens (including phenoxy) is 2. The summed E-state index contributed by atoms with van der Waals surface area (Å²) in [6, 6.07) is 8.25. The number of benzene rings is 1. The molecule has 1 aliphatic heterocycles. The normalized spacial score (nSPS) is 21.4. The van der Waals surface area contributed by atoms with E-state index in [2.05, 4.69) is 4.98 Å². The largest absolute Gasteiger partial charge is 0.508 e. The average Bonchev–Trinajstić information content (AvgIpc) is 2.61. The van der Waals surface area contributed by atoms with Crippen molar-refractivity contribution in [3.05, 3.63) is 48.3 Å². The number of pyridine rings is 1. The molecule has 0 radical (unpaired) electrons. The number of aliphatic hydroxyl groups is 1. The number of hydrogen-bond acceptors (Lipinski definition) is 5. The van der Waals surface area contributed by atoms with Gasteiger partial charge < -0.3 is 19.7 Å². The van der Waals surface area contributed by atoms with E-state index in [0.717, 1.165) is 0 Å². The molecule has 0 bridgehead atoms. The minimum atomic E-state index is -0.861. The molecule has 0 saturated carbocycles. The van der Waals surface area contributed by atoms with Crippen LogP contribution in [0.4, 0.5) is 0 Å². The van der Waals surface area contributed by atoms with Crippen LogP contribution in [0.15, 0.2) is 42.7 Å². The fourth-order valence-corrected chi connectivity index (χ4v) is 2.26. The van der Waals surface area contributed by atoms with Crippen molar-refractivity contribution in [2.45, 2.75) is 18.6 Å². The number of aromatic nitrogens is 1. The molecule has 0 aliphatic carbocycles. The molecule has 1 aliphatic rings. The number of hydrogen-bond donors (Lipinski definition) is 2. The predicted octanol–water partition coefficient (Wildman–Crippen LogP) is 2.05. The molecular weight excluding hydrogens is 258 g/mol. The van der Waals surface area contributed by atoms with Crippen molar-refractivity contribution < 1.29 is 19.7 Å². The number of nitrogens with zero attached hydrogens (tertiary/aromatic N) is 1. The summed E-state index contributed by atoms with van der Waals surface area (Å²) in [5.74, 6) is 1.26. The van der Waals surface area contributed by atoms with Gasteiger partial charge in [0.2, 0.25) is 0 Å². The van der Waals surface area contributed by atoms with Crippen LogP contribution in [0.1, 0.15) is 18.1 Å². The Balaban J connectivity index is 1.86. The van der Waals surface area contributed by atoms with Gasteiger partial charge in [0.05, 0.1) is 12.8 Å². The van der Waals surface area contributed by atoms with Gasteiger partial charge in [-0.05, 0) is 30.3 Å². The summed E-state index contributed by atoms with van der Waals surface area (Å²) in [6.07, 6.45) is 2.50. The molecule has 0 spiro atoms. The van der Waals surface area contributed by atoms with E-state index < -0.39 is 12.2 Å². The van der Waals surface area contributed by atoms with Gasteiger partial charge in [-0.2, -0.15) is 0 Å². The molecule has 2 atom stereocenters. The summed E-state index contributed by atoms with van der Waals surface area (Å²) in [6.45, 7) is 0.444. The molecule has 104 valence electrons. The molecule has 5 heteroatoms. The van der Waals surface area contributed by atoms with Crippen LogP contribution in [0.2, 0.25) is 0 Å². The zero-order chi connectivity index (χ0) is 13.9. The highest BCUT2D eigenvalue weighted by Crippen LogP contribution is 2.35. The molecule has 3 rings (SSSR count). The number of phenolic OH excluding ortho intramolecular Hbond substituents is 1. The monoisotopic (exact) mass is 273 g/mol. The van der Waals surface area contributed by atoms with Crippen molar-refractivity contribution >= 4 is 0 Å². The van der Waals surface area contributed by atoms with Crippen LogP contribution in [0.3, 0.4) is 0 Å². The van der Waals surface area contributed by atoms with E-state index in [4.69, 9.17) is 9.47 Å². The molecule has 0 fully saturated rings. The van der Waals surface area contributed by atoms with Gasteiger partial charge in [-0.1, -0.05) is 0 Å². The van der Waals surface area contributed by atoms with Gasteiger partial charge in [-0.15, -0.1) is 0 Å². The maximum Gasteiger partial charge on any atom is 0.138 e. The van der Waals surface area contributed by atoms with Gasteiger partial charge in [0.1, 0.15) is 29.5 Å². The van der Waals surface area contributed by atoms with Crippen molar-refractivity contribution in [1.29, 1.82) is 0 Å². The number of rotatable bonds is 2. The van der Waals surface area contributed by atoms with Crippen LogP contribution in [-0.2, 0) is 0 Å². The summed E-state index contributed by atoms with van der Waals surface area (Å²) >= 11 is 0. The molecule has 0 unspecified atom stereocenters. The highest BCUT2D eigenvalue weighted by molar-refractivity contribution is 5.42. The Morgan fingerprint density at radius 3 is 3.00 bits per heavy atom. The molecule has 1 aromatic heterocycles. The van der Waals surface area contributed by atoms with E-state index in [1.165, 1.54) is 12.1 Å². The third-order valence-corrected chi connectivity index (χ3v) is 3.25. The second-order valence-corrected chi connectivity index (χ2v) is 4.65. The molecule has 0 saturated heterocycles. The fraction of sp³-hybridized carbons (Fsp3) is 0.267. The zero-order valence-corrected chi connectivity index (χ0v) is 10.8. The lowest BCUT2D eigenvalue weighted by molar-refractivity contribution is 0.0310. The molecular formula is C15H15NO4. The summed E-state index contributed by atoms with van der Waals surface area (Å²) in [5, 5.41) is 20.0. The van der Waals surface area contributed by atoms with E-state index in [-0.39, 0.29) is 5.75 Å². The van der Waals surface area contributed by atoms with Crippen molar-refractivity contribution in [2.75, 3.05) is 6.61 Å². The summed E-state index contributed by atoms with van der Waals surface area (Å²) in [5.41, 5.74) is 0.538. The maximum atomic E-state index is 10.5. The lowest BCUT2D eigenvalue weighted by Gasteiger charge is -2.22. The summed E-state index contributed by atoms with van der Waals surface area (Å²) in [4.78, 5) is 3.98. The Morgan fingerprint density at radius 2 is 2.20 bits per heavy atom. The van der Waals surface area contributed by atoms with Gasteiger partial charge in [0.15, 0.2) is 0 Å². The molecule has 0 amide bonds. The number of fused-ring (bicyclic) bond motifs is 1. The van der Waals surface area contributed by atoms with Gasteiger partial charge in [0, 0.05) is 18.2 Å². The summed E-state index contributed by atoms with van der Waals surface area (Å²) < 4.78 is 11.3. The first-order valence-corrected chi connectivity index (χ1v) is 6.44. The van der Waals surface area contributed by atoms with Crippen LogP contribution >= 0.6 is 0 Å². The van der Waals surface area contributed by atoms with Crippen molar-refractivity contribution in [2.24, 2.45) is 0 Å². The van der Waals surface area contributed by atoms with Crippen LogP contribution in [0.5, 0.6) is 17.2 Å². The van der Waals surface area contributed by atoms with Crippen LogP contribution < -0.4 is 9.47 Å². The Labute approximate surface area is 116 Å². The smallest absolute Gasteiger partial charge is 0.138 e. The number of aliphatic hydroxyl groups excluding tert-OH is 1. The second-order valence-electron chi connectivity index (χ2n) is 4.65. The number of phenols is 1. The Hall–Kier alpha value is -2.27. The van der Waals surface area contributed by atoms with E-state index in [1.54, 1.807) is 30.6 Å². The van der Waals surface area contributed by atoms with E-state index >= 15 is 0 Å². The van der Waals surface area contributed by atoms with Crippen molar-refractivity contribution in [1.82, 2.24) is 4.98 Å². The lowest BCUT2D eigenvalue weighted by Crippen LogP contribution is -2.25. The van der Waals surface area contributed by atoms with E-state index in [9.17, 15) is 10.2 Å². The van der Waals surface area contributed by atoms with Crippen molar-refractivity contribution in [3.8, 4) is 17.2 Å². The molecule has 1 aromatic carbocycles. The first kappa shape index (κ1) is 12.7. The minimum absolute atomic E-state index is 0.0911. The van der Waals surface area contributed by atoms with Gasteiger partial charge in [0.25, 0.3) is 0 Å². The Morgan fingerprint density at radius 1 is 1.30 bits per heavy atom. The zero-order valence-electron chi connectivity index (χ0n) is 10.8. The van der Waals surface area contributed by atoms with Gasteiger partial charge in [-0.25, -0.2) is 0 Å². The number of aromatic hydroxyl groups is 1. The fourth-order valence-electron chi connectivity index (χ4n) is 2.26. The molecule has 2 heterocycles. The quantitative estimate of drug-likeness (QED) is 0.876. The molecule has 20 heavy (non-hydrogen) atoms. The predicted molar refractivity (Wildman–Crippen MR) is 71.8 cm³/mol. The third-order valence-electron chi connectivity index (χ3n) is 3.25. The van der Waals surface area contributed by atoms with Crippen LogP contribution in [-0.4, -0.2) is 27.9 Å². The van der Waals surface area contributed by atoms with Gasteiger partial charge >= 0.3 is 0 Å². The highest BCUT2D eigenvalue weighted by Gasteiger charge is 2.29. The van der Waals surface area contributed by atoms with Crippen LogP contribution in [0.25, 0.3) is 0 Å². The van der Waals surface area contributed by atoms with Crippen LogP contribution in [0, 0.1) is 0 Å².